The van der Waals surface area contributed by atoms with Crippen molar-refractivity contribution in [2.45, 2.75) is 89.4 Å². The van der Waals surface area contributed by atoms with Crippen molar-refractivity contribution in [2.75, 3.05) is 0 Å². The second kappa shape index (κ2) is 7.76. The van der Waals surface area contributed by atoms with Crippen LogP contribution in [0.15, 0.2) is 24.3 Å². The molecular weight excluding hydrogens is 290 g/mol. The monoisotopic (exact) mass is 323 g/mol. The van der Waals surface area contributed by atoms with Crippen molar-refractivity contribution < 1.29 is 0 Å². The van der Waals surface area contributed by atoms with E-state index in [-0.39, 0.29) is 0 Å². The second-order valence-corrected chi connectivity index (χ2v) is 8.23. The number of H-pyrrole nitrogens is 1. The van der Waals surface area contributed by atoms with E-state index in [1.54, 1.807) is 11.3 Å². The summed E-state index contributed by atoms with van der Waals surface area (Å²) in [6, 6.07) is 8.98. The number of hydrogen-bond donors (Lipinski definition) is 1. The van der Waals surface area contributed by atoms with E-state index in [0.717, 1.165) is 11.8 Å². The molecule has 2 aliphatic carbocycles. The van der Waals surface area contributed by atoms with Crippen molar-refractivity contribution in [3.8, 4) is 0 Å². The fraction of sp³-hybridized carbons (Fsp3) is 0.652. The van der Waals surface area contributed by atoms with Gasteiger partial charge in [0, 0.05) is 16.6 Å². The molecule has 0 saturated heterocycles. The molecule has 2 aliphatic rings. The molecule has 1 heterocycles. The molecule has 130 valence electrons. The van der Waals surface area contributed by atoms with Gasteiger partial charge in [0.1, 0.15) is 0 Å². The minimum Gasteiger partial charge on any atom is -0.358 e. The number of aromatic amines is 1. The molecular formula is C23H33N. The van der Waals surface area contributed by atoms with Crippen LogP contribution in [-0.4, -0.2) is 4.98 Å². The summed E-state index contributed by atoms with van der Waals surface area (Å²) in [5.74, 6) is 1.74. The SMILES string of the molecule is c1ccc2c3c([nH]c2c1)CCC3C1CCCCCCCCCCC1. The van der Waals surface area contributed by atoms with Crippen LogP contribution in [0.25, 0.3) is 10.9 Å². The molecule has 1 fully saturated rings. The summed E-state index contributed by atoms with van der Waals surface area (Å²) in [6.45, 7) is 0. The number of hydrogen-bond acceptors (Lipinski definition) is 0. The predicted octanol–water partition coefficient (Wildman–Crippen LogP) is 7.12. The molecule has 0 radical (unpaired) electrons. The Morgan fingerprint density at radius 2 is 1.33 bits per heavy atom. The topological polar surface area (TPSA) is 15.8 Å². The summed E-state index contributed by atoms with van der Waals surface area (Å²) < 4.78 is 0. The zero-order chi connectivity index (χ0) is 16.2. The van der Waals surface area contributed by atoms with Gasteiger partial charge in [0.05, 0.1) is 0 Å². The summed E-state index contributed by atoms with van der Waals surface area (Å²) in [6.07, 6.45) is 18.8. The lowest BCUT2D eigenvalue weighted by molar-refractivity contribution is 0.336. The minimum absolute atomic E-state index is 0.819. The molecule has 4 rings (SSSR count). The Kier molecular flexibility index (Phi) is 5.25. The van der Waals surface area contributed by atoms with Crippen LogP contribution >= 0.6 is 0 Å². The van der Waals surface area contributed by atoms with Crippen molar-refractivity contribution in [1.82, 2.24) is 4.98 Å². The maximum atomic E-state index is 3.71. The van der Waals surface area contributed by atoms with Crippen molar-refractivity contribution in [1.29, 1.82) is 0 Å². The molecule has 1 aromatic carbocycles. The molecule has 1 nitrogen and oxygen atoms in total. The number of aryl methyl sites for hydroxylation is 1. The van der Waals surface area contributed by atoms with Gasteiger partial charge >= 0.3 is 0 Å². The van der Waals surface area contributed by atoms with Gasteiger partial charge in [-0.15, -0.1) is 0 Å². The molecule has 1 aromatic heterocycles. The highest BCUT2D eigenvalue weighted by Gasteiger charge is 2.32. The lowest BCUT2D eigenvalue weighted by Gasteiger charge is -2.25. The van der Waals surface area contributed by atoms with E-state index in [2.05, 4.69) is 29.2 Å². The maximum Gasteiger partial charge on any atom is 0.0459 e. The van der Waals surface area contributed by atoms with Crippen LogP contribution in [0.3, 0.4) is 0 Å². The fourth-order valence-corrected chi connectivity index (χ4v) is 5.35. The Morgan fingerprint density at radius 3 is 2.04 bits per heavy atom. The summed E-state index contributed by atoms with van der Waals surface area (Å²) in [4.78, 5) is 3.71. The van der Waals surface area contributed by atoms with Crippen LogP contribution in [0.4, 0.5) is 0 Å². The summed E-state index contributed by atoms with van der Waals surface area (Å²) in [5.41, 5.74) is 4.61. The number of fused-ring (bicyclic) bond motifs is 3. The molecule has 1 saturated carbocycles. The van der Waals surface area contributed by atoms with Crippen LogP contribution < -0.4 is 0 Å². The average molecular weight is 324 g/mol. The summed E-state index contributed by atoms with van der Waals surface area (Å²) >= 11 is 0. The Hall–Kier alpha value is -1.24. The van der Waals surface area contributed by atoms with Gasteiger partial charge in [-0.25, -0.2) is 0 Å². The molecule has 0 bridgehead atoms. The minimum atomic E-state index is 0.819. The standard InChI is InChI=1S/C23H33N/c1-2-4-6-8-12-18(13-9-7-5-3-1)19-16-17-22-23(19)20-14-10-11-15-21(20)24-22/h10-11,14-15,18-19,24H,1-9,12-13,16-17H2. The number of para-hydroxylation sites is 1. The van der Waals surface area contributed by atoms with E-state index < -0.39 is 0 Å². The second-order valence-electron chi connectivity index (χ2n) is 8.23. The number of aromatic nitrogens is 1. The van der Waals surface area contributed by atoms with E-state index in [1.165, 1.54) is 94.4 Å². The molecule has 2 aromatic rings. The van der Waals surface area contributed by atoms with Crippen LogP contribution in [0.1, 0.15) is 94.2 Å². The predicted molar refractivity (Wildman–Crippen MR) is 104 cm³/mol. The zero-order valence-electron chi connectivity index (χ0n) is 15.2. The van der Waals surface area contributed by atoms with E-state index >= 15 is 0 Å². The Balaban J connectivity index is 1.53. The van der Waals surface area contributed by atoms with Gasteiger partial charge in [-0.1, -0.05) is 76.0 Å². The van der Waals surface area contributed by atoms with Crippen LogP contribution in [-0.2, 0) is 6.42 Å². The van der Waals surface area contributed by atoms with Gasteiger partial charge in [-0.3, -0.25) is 0 Å². The fourth-order valence-electron chi connectivity index (χ4n) is 5.35. The molecule has 1 N–H and O–H groups in total. The molecule has 1 unspecified atom stereocenters. The molecule has 0 spiro atoms. The van der Waals surface area contributed by atoms with Crippen molar-refractivity contribution in [3.63, 3.8) is 0 Å². The molecule has 0 amide bonds. The Labute approximate surface area is 147 Å². The van der Waals surface area contributed by atoms with Crippen molar-refractivity contribution in [2.24, 2.45) is 5.92 Å². The van der Waals surface area contributed by atoms with Gasteiger partial charge in [-0.2, -0.15) is 0 Å². The van der Waals surface area contributed by atoms with Crippen LogP contribution in [0.5, 0.6) is 0 Å². The Morgan fingerprint density at radius 1 is 0.708 bits per heavy atom. The molecule has 24 heavy (non-hydrogen) atoms. The third kappa shape index (κ3) is 3.41. The number of benzene rings is 1. The average Bonchev–Trinajstić information content (AvgIpc) is 3.15. The third-order valence-electron chi connectivity index (χ3n) is 6.62. The lowest BCUT2D eigenvalue weighted by atomic mass is 9.79. The molecule has 0 aliphatic heterocycles. The lowest BCUT2D eigenvalue weighted by Crippen LogP contribution is -2.11. The first-order valence-electron chi connectivity index (χ1n) is 10.5. The molecule has 1 atom stereocenters. The van der Waals surface area contributed by atoms with Gasteiger partial charge in [0.25, 0.3) is 0 Å². The highest BCUT2D eigenvalue weighted by Crippen LogP contribution is 2.45. The first kappa shape index (κ1) is 16.2. The normalized spacial score (nSPS) is 24.4. The van der Waals surface area contributed by atoms with Gasteiger partial charge in [0.2, 0.25) is 0 Å². The van der Waals surface area contributed by atoms with E-state index in [4.69, 9.17) is 0 Å². The number of nitrogens with one attached hydrogen (secondary N) is 1. The largest absolute Gasteiger partial charge is 0.358 e. The first-order valence-corrected chi connectivity index (χ1v) is 10.5. The highest BCUT2D eigenvalue weighted by atomic mass is 14.7. The van der Waals surface area contributed by atoms with E-state index in [9.17, 15) is 0 Å². The maximum absolute atomic E-state index is 3.71. The van der Waals surface area contributed by atoms with E-state index in [0.29, 0.717) is 0 Å². The first-order chi connectivity index (χ1) is 11.9. The number of rotatable bonds is 1. The van der Waals surface area contributed by atoms with Gasteiger partial charge in [0.15, 0.2) is 0 Å². The molecule has 1 heteroatoms. The summed E-state index contributed by atoms with van der Waals surface area (Å²) in [5, 5.41) is 1.51. The van der Waals surface area contributed by atoms with Gasteiger partial charge in [-0.05, 0) is 49.1 Å². The quantitative estimate of drug-likeness (QED) is 0.575. The highest BCUT2D eigenvalue weighted by molar-refractivity contribution is 5.85. The van der Waals surface area contributed by atoms with Gasteiger partial charge < -0.3 is 4.98 Å². The Bertz CT molecular complexity index is 641. The van der Waals surface area contributed by atoms with Crippen LogP contribution in [0, 0.1) is 5.92 Å². The van der Waals surface area contributed by atoms with Crippen molar-refractivity contribution >= 4 is 10.9 Å². The van der Waals surface area contributed by atoms with E-state index in [1.807, 2.05) is 0 Å². The van der Waals surface area contributed by atoms with Crippen LogP contribution in [0.2, 0.25) is 0 Å². The third-order valence-corrected chi connectivity index (χ3v) is 6.62. The smallest absolute Gasteiger partial charge is 0.0459 e. The van der Waals surface area contributed by atoms with Crippen molar-refractivity contribution in [3.05, 3.63) is 35.5 Å². The zero-order valence-corrected chi connectivity index (χ0v) is 15.2. The summed E-state index contributed by atoms with van der Waals surface area (Å²) in [7, 11) is 0.